The second-order valence-electron chi connectivity index (χ2n) is 6.59. The lowest BCUT2D eigenvalue weighted by atomic mass is 10.2. The molecule has 1 N–H and O–H groups in total. The van der Waals surface area contributed by atoms with Gasteiger partial charge in [-0.15, -0.1) is 23.7 Å². The van der Waals surface area contributed by atoms with Gasteiger partial charge in [-0.3, -0.25) is 9.48 Å². The summed E-state index contributed by atoms with van der Waals surface area (Å²) in [5.41, 5.74) is 2.10. The average molecular weight is 425 g/mol. The van der Waals surface area contributed by atoms with Crippen LogP contribution in [0, 0.1) is 6.92 Å². The highest BCUT2D eigenvalue weighted by Crippen LogP contribution is 2.30. The molecule has 5 nitrogen and oxygen atoms in total. The quantitative estimate of drug-likeness (QED) is 0.691. The summed E-state index contributed by atoms with van der Waals surface area (Å²) in [5, 5.41) is 9.79. The number of halogens is 2. The van der Waals surface area contributed by atoms with Crippen LogP contribution in [0.4, 0.5) is 0 Å². The molecular weight excluding hydrogens is 403 g/mol. The molecule has 1 amide bonds. The van der Waals surface area contributed by atoms with E-state index in [1.807, 2.05) is 46.8 Å². The number of carbonyl (C=O) groups is 1. The van der Waals surface area contributed by atoms with Gasteiger partial charge in [0.2, 0.25) is 0 Å². The van der Waals surface area contributed by atoms with Crippen LogP contribution in [0.25, 0.3) is 10.2 Å². The van der Waals surface area contributed by atoms with Gasteiger partial charge in [-0.2, -0.15) is 5.10 Å². The Hall–Kier alpha value is -1.60. The van der Waals surface area contributed by atoms with E-state index in [1.165, 1.54) is 11.3 Å². The summed E-state index contributed by atoms with van der Waals surface area (Å²) >= 11 is 7.51. The zero-order valence-corrected chi connectivity index (χ0v) is 17.5. The van der Waals surface area contributed by atoms with Crippen molar-refractivity contribution in [1.29, 1.82) is 0 Å². The molecule has 0 bridgehead atoms. The van der Waals surface area contributed by atoms with Gasteiger partial charge in [-0.1, -0.05) is 23.7 Å². The molecule has 1 fully saturated rings. The van der Waals surface area contributed by atoms with Gasteiger partial charge >= 0.3 is 0 Å². The summed E-state index contributed by atoms with van der Waals surface area (Å²) in [7, 11) is 0. The molecule has 0 saturated carbocycles. The SMILES string of the molecule is Cc1nn(Cc2ccc(Cl)cc2)c2sc(C(=O)N3CCCNCC3)cc12.Cl. The van der Waals surface area contributed by atoms with Crippen molar-refractivity contribution in [2.45, 2.75) is 19.9 Å². The van der Waals surface area contributed by atoms with Crippen LogP contribution < -0.4 is 5.32 Å². The molecular formula is C19H22Cl2N4OS. The van der Waals surface area contributed by atoms with Crippen molar-refractivity contribution in [3.8, 4) is 0 Å². The van der Waals surface area contributed by atoms with Crippen LogP contribution in [0.15, 0.2) is 30.3 Å². The second kappa shape index (κ2) is 8.61. The number of fused-ring (bicyclic) bond motifs is 1. The molecule has 4 rings (SSSR count). The van der Waals surface area contributed by atoms with E-state index < -0.39 is 0 Å². The Balaban J connectivity index is 0.00000210. The molecule has 144 valence electrons. The Morgan fingerprint density at radius 2 is 2.04 bits per heavy atom. The lowest BCUT2D eigenvalue weighted by Gasteiger charge is -2.18. The highest BCUT2D eigenvalue weighted by molar-refractivity contribution is 7.20. The number of amides is 1. The van der Waals surface area contributed by atoms with E-state index in [2.05, 4.69) is 10.4 Å². The van der Waals surface area contributed by atoms with E-state index in [-0.39, 0.29) is 18.3 Å². The fourth-order valence-corrected chi connectivity index (χ4v) is 4.55. The molecule has 0 aliphatic carbocycles. The molecule has 0 radical (unpaired) electrons. The van der Waals surface area contributed by atoms with Gasteiger partial charge in [0, 0.05) is 30.0 Å². The Kier molecular flexibility index (Phi) is 6.42. The molecule has 1 aliphatic heterocycles. The minimum atomic E-state index is 0. The number of aryl methyl sites for hydroxylation is 1. The van der Waals surface area contributed by atoms with E-state index in [0.29, 0.717) is 6.54 Å². The van der Waals surface area contributed by atoms with Gasteiger partial charge in [-0.05, 0) is 43.7 Å². The molecule has 3 aromatic rings. The van der Waals surface area contributed by atoms with Gasteiger partial charge in [0.25, 0.3) is 5.91 Å². The molecule has 8 heteroatoms. The first kappa shape index (κ1) is 20.1. The van der Waals surface area contributed by atoms with Crippen molar-refractivity contribution >= 4 is 51.5 Å². The Bertz CT molecular complexity index is 927. The third-order valence-electron chi connectivity index (χ3n) is 4.69. The normalized spacial score (nSPS) is 14.8. The maximum Gasteiger partial charge on any atom is 0.264 e. The van der Waals surface area contributed by atoms with Gasteiger partial charge in [0.1, 0.15) is 4.83 Å². The number of aromatic nitrogens is 2. The maximum absolute atomic E-state index is 12.9. The number of carbonyl (C=O) groups excluding carboxylic acids is 1. The van der Waals surface area contributed by atoms with Crippen LogP contribution in [0.1, 0.15) is 27.3 Å². The third-order valence-corrected chi connectivity index (χ3v) is 6.08. The van der Waals surface area contributed by atoms with Gasteiger partial charge in [-0.25, -0.2) is 0 Å². The monoisotopic (exact) mass is 424 g/mol. The molecule has 1 aromatic carbocycles. The molecule has 0 atom stereocenters. The molecule has 3 heterocycles. The summed E-state index contributed by atoms with van der Waals surface area (Å²) in [5.74, 6) is 0.132. The first-order chi connectivity index (χ1) is 12.6. The van der Waals surface area contributed by atoms with Crippen molar-refractivity contribution in [2.75, 3.05) is 26.2 Å². The van der Waals surface area contributed by atoms with Gasteiger partial charge in [0.15, 0.2) is 0 Å². The Morgan fingerprint density at radius 3 is 2.81 bits per heavy atom. The van der Waals surface area contributed by atoms with Crippen molar-refractivity contribution in [3.05, 3.63) is 51.5 Å². The van der Waals surface area contributed by atoms with E-state index in [0.717, 1.165) is 64.0 Å². The fourth-order valence-electron chi connectivity index (χ4n) is 3.29. The zero-order chi connectivity index (χ0) is 18.1. The summed E-state index contributed by atoms with van der Waals surface area (Å²) < 4.78 is 1.99. The summed E-state index contributed by atoms with van der Waals surface area (Å²) in [6.07, 6.45) is 1.00. The van der Waals surface area contributed by atoms with E-state index >= 15 is 0 Å². The molecule has 2 aromatic heterocycles. The highest BCUT2D eigenvalue weighted by atomic mass is 35.5. The van der Waals surface area contributed by atoms with Crippen molar-refractivity contribution in [1.82, 2.24) is 20.0 Å². The predicted octanol–water partition coefficient (Wildman–Crippen LogP) is 3.97. The summed E-state index contributed by atoms with van der Waals surface area (Å²) in [6, 6.07) is 9.80. The number of nitrogens with zero attached hydrogens (tertiary/aromatic N) is 3. The van der Waals surface area contributed by atoms with Crippen molar-refractivity contribution in [2.24, 2.45) is 0 Å². The van der Waals surface area contributed by atoms with Crippen molar-refractivity contribution in [3.63, 3.8) is 0 Å². The number of thiophene rings is 1. The number of rotatable bonds is 3. The molecule has 0 spiro atoms. The zero-order valence-electron chi connectivity index (χ0n) is 15.1. The lowest BCUT2D eigenvalue weighted by Crippen LogP contribution is -2.33. The van der Waals surface area contributed by atoms with E-state index in [9.17, 15) is 4.79 Å². The van der Waals surface area contributed by atoms with Crippen LogP contribution in [0.3, 0.4) is 0 Å². The highest BCUT2D eigenvalue weighted by Gasteiger charge is 2.21. The molecule has 0 unspecified atom stereocenters. The smallest absolute Gasteiger partial charge is 0.264 e. The van der Waals surface area contributed by atoms with Crippen LogP contribution in [0.2, 0.25) is 5.02 Å². The van der Waals surface area contributed by atoms with Gasteiger partial charge < -0.3 is 10.2 Å². The first-order valence-electron chi connectivity index (χ1n) is 8.83. The Morgan fingerprint density at radius 1 is 1.26 bits per heavy atom. The Labute approximate surface area is 173 Å². The first-order valence-corrected chi connectivity index (χ1v) is 10.0. The standard InChI is InChI=1S/C19H21ClN4OS.ClH/c1-13-16-11-17(18(25)23-9-2-7-21-8-10-23)26-19(16)24(22-13)12-14-3-5-15(20)6-4-14;/h3-6,11,21H,2,7-10,12H2,1H3;1H. The molecule has 27 heavy (non-hydrogen) atoms. The van der Waals surface area contributed by atoms with Crippen LogP contribution in [-0.2, 0) is 6.54 Å². The summed E-state index contributed by atoms with van der Waals surface area (Å²) in [6.45, 7) is 6.09. The van der Waals surface area contributed by atoms with E-state index in [4.69, 9.17) is 11.6 Å². The van der Waals surface area contributed by atoms with E-state index in [1.54, 1.807) is 0 Å². The fraction of sp³-hybridized carbons (Fsp3) is 0.368. The lowest BCUT2D eigenvalue weighted by molar-refractivity contribution is 0.0771. The second-order valence-corrected chi connectivity index (χ2v) is 8.06. The molecule has 1 aliphatic rings. The minimum absolute atomic E-state index is 0. The third kappa shape index (κ3) is 4.29. The number of hydrogen-bond donors (Lipinski definition) is 1. The topological polar surface area (TPSA) is 50.2 Å². The molecule has 1 saturated heterocycles. The number of hydrogen-bond acceptors (Lipinski definition) is 4. The minimum Gasteiger partial charge on any atom is -0.337 e. The van der Waals surface area contributed by atoms with Crippen molar-refractivity contribution < 1.29 is 4.79 Å². The van der Waals surface area contributed by atoms with Crippen LogP contribution >= 0.6 is 35.3 Å². The number of nitrogens with one attached hydrogen (secondary N) is 1. The maximum atomic E-state index is 12.9. The van der Waals surface area contributed by atoms with Gasteiger partial charge in [0.05, 0.1) is 17.1 Å². The number of benzene rings is 1. The average Bonchev–Trinajstić information content (AvgIpc) is 3.06. The van der Waals surface area contributed by atoms with Crippen LogP contribution in [-0.4, -0.2) is 46.8 Å². The largest absolute Gasteiger partial charge is 0.337 e. The summed E-state index contributed by atoms with van der Waals surface area (Å²) in [4.78, 5) is 16.7. The van der Waals surface area contributed by atoms with Crippen LogP contribution in [0.5, 0.6) is 0 Å². The predicted molar refractivity (Wildman–Crippen MR) is 114 cm³/mol.